The number of carbonyl (C=O) groups is 1. The Kier molecular flexibility index (Phi) is 6.39. The number of amides is 1. The number of nitrogens with two attached hydrogens (primary N) is 1. The van der Waals surface area contributed by atoms with E-state index in [0.717, 1.165) is 10.5 Å². The fraction of sp³-hybridized carbons (Fsp3) is 0.136. The molecule has 0 radical (unpaired) electrons. The number of para-hydroxylation sites is 2. The molecule has 0 bridgehead atoms. The normalized spacial score (nSPS) is 11.6. The summed E-state index contributed by atoms with van der Waals surface area (Å²) in [6, 6.07) is 24.7. The second-order valence-corrected chi connectivity index (χ2v) is 7.08. The average Bonchev–Trinajstić information content (AvgIpc) is 2.68. The first-order valence-electron chi connectivity index (χ1n) is 8.77. The maximum absolute atomic E-state index is 13.1. The molecule has 1 atom stereocenters. The molecule has 138 valence electrons. The molecule has 0 aliphatic rings. The molecule has 5 heteroatoms. The zero-order chi connectivity index (χ0) is 19.1. The fourth-order valence-corrected chi connectivity index (χ4v) is 3.77. The van der Waals surface area contributed by atoms with Crippen molar-refractivity contribution in [1.29, 1.82) is 0 Å². The van der Waals surface area contributed by atoms with Crippen molar-refractivity contribution in [1.82, 2.24) is 0 Å². The molecule has 4 nitrogen and oxygen atoms in total. The summed E-state index contributed by atoms with van der Waals surface area (Å²) in [5.41, 5.74) is 8.16. The zero-order valence-electron chi connectivity index (χ0n) is 15.1. The lowest BCUT2D eigenvalue weighted by Gasteiger charge is -2.18. The molecule has 0 saturated heterocycles. The number of nitrogens with one attached hydrogen (secondary N) is 1. The van der Waals surface area contributed by atoms with Crippen molar-refractivity contribution in [2.24, 2.45) is 0 Å². The summed E-state index contributed by atoms with van der Waals surface area (Å²) in [5.74, 6) is 0.551. The van der Waals surface area contributed by atoms with Gasteiger partial charge >= 0.3 is 0 Å². The molecular weight excluding hydrogens is 356 g/mol. The first kappa shape index (κ1) is 18.9. The number of benzene rings is 3. The number of thioether (sulfide) groups is 1. The largest absolute Gasteiger partial charge is 0.492 e. The lowest BCUT2D eigenvalue weighted by Crippen LogP contribution is -2.19. The summed E-state index contributed by atoms with van der Waals surface area (Å²) in [6.45, 7) is 2.45. The Hall–Kier alpha value is -2.92. The average molecular weight is 378 g/mol. The van der Waals surface area contributed by atoms with Crippen LogP contribution in [0.3, 0.4) is 0 Å². The van der Waals surface area contributed by atoms with Gasteiger partial charge in [-0.2, -0.15) is 0 Å². The number of ether oxygens (including phenoxy) is 1. The third kappa shape index (κ3) is 5.05. The van der Waals surface area contributed by atoms with Crippen LogP contribution < -0.4 is 15.8 Å². The Bertz CT molecular complexity index is 900. The van der Waals surface area contributed by atoms with Crippen molar-refractivity contribution >= 4 is 29.0 Å². The molecular formula is C22H22N2O2S. The molecule has 3 rings (SSSR count). The monoisotopic (exact) mass is 378 g/mol. The molecule has 0 heterocycles. The SMILES string of the molecule is CCOc1ccccc1NC(=O)C(Sc1cccc(N)c1)c1ccccc1. The molecule has 0 aliphatic heterocycles. The van der Waals surface area contributed by atoms with Gasteiger partial charge in [0.2, 0.25) is 5.91 Å². The van der Waals surface area contributed by atoms with Crippen LogP contribution in [0.25, 0.3) is 0 Å². The maximum atomic E-state index is 13.1. The quantitative estimate of drug-likeness (QED) is 0.441. The van der Waals surface area contributed by atoms with Gasteiger partial charge in [-0.05, 0) is 42.8 Å². The highest BCUT2D eigenvalue weighted by molar-refractivity contribution is 8.00. The molecule has 3 N–H and O–H groups in total. The third-order valence-corrected chi connectivity index (χ3v) is 5.15. The van der Waals surface area contributed by atoms with Gasteiger partial charge in [-0.3, -0.25) is 4.79 Å². The number of anilines is 2. The number of carbonyl (C=O) groups excluding carboxylic acids is 1. The van der Waals surface area contributed by atoms with Crippen molar-refractivity contribution < 1.29 is 9.53 Å². The van der Waals surface area contributed by atoms with Crippen LogP contribution in [0.2, 0.25) is 0 Å². The minimum Gasteiger partial charge on any atom is -0.492 e. The van der Waals surface area contributed by atoms with Gasteiger partial charge in [-0.1, -0.05) is 48.5 Å². The van der Waals surface area contributed by atoms with Crippen LogP contribution in [-0.2, 0) is 4.79 Å². The second-order valence-electron chi connectivity index (χ2n) is 5.90. The third-order valence-electron chi connectivity index (χ3n) is 3.90. The van der Waals surface area contributed by atoms with Crippen LogP contribution in [0.4, 0.5) is 11.4 Å². The van der Waals surface area contributed by atoms with E-state index >= 15 is 0 Å². The van der Waals surface area contributed by atoms with E-state index in [1.54, 1.807) is 0 Å². The lowest BCUT2D eigenvalue weighted by atomic mass is 10.1. The summed E-state index contributed by atoms with van der Waals surface area (Å²) in [6.07, 6.45) is 0. The highest BCUT2D eigenvalue weighted by atomic mass is 32.2. The predicted octanol–water partition coefficient (Wildman–Crippen LogP) is 5.14. The smallest absolute Gasteiger partial charge is 0.242 e. The van der Waals surface area contributed by atoms with Crippen LogP contribution in [-0.4, -0.2) is 12.5 Å². The predicted molar refractivity (Wildman–Crippen MR) is 112 cm³/mol. The summed E-state index contributed by atoms with van der Waals surface area (Å²) < 4.78 is 5.62. The van der Waals surface area contributed by atoms with Gasteiger partial charge in [0.25, 0.3) is 0 Å². The van der Waals surface area contributed by atoms with Gasteiger partial charge in [-0.25, -0.2) is 0 Å². The van der Waals surface area contributed by atoms with E-state index in [1.807, 2.05) is 85.8 Å². The molecule has 0 saturated carbocycles. The van der Waals surface area contributed by atoms with Crippen molar-refractivity contribution in [3.05, 3.63) is 84.4 Å². The number of rotatable bonds is 7. The van der Waals surface area contributed by atoms with E-state index in [1.165, 1.54) is 11.8 Å². The van der Waals surface area contributed by atoms with Gasteiger partial charge in [0.1, 0.15) is 11.0 Å². The van der Waals surface area contributed by atoms with E-state index in [0.29, 0.717) is 23.7 Å². The van der Waals surface area contributed by atoms with Crippen molar-refractivity contribution in [3.63, 3.8) is 0 Å². The van der Waals surface area contributed by atoms with E-state index in [2.05, 4.69) is 5.32 Å². The van der Waals surface area contributed by atoms with Crippen LogP contribution in [0, 0.1) is 0 Å². The Morgan fingerprint density at radius 1 is 1.04 bits per heavy atom. The minimum atomic E-state index is -0.414. The molecule has 1 amide bonds. The lowest BCUT2D eigenvalue weighted by molar-refractivity contribution is -0.115. The zero-order valence-corrected chi connectivity index (χ0v) is 15.9. The van der Waals surface area contributed by atoms with Crippen LogP contribution in [0.15, 0.2) is 83.8 Å². The number of nitrogen functional groups attached to an aromatic ring is 1. The topological polar surface area (TPSA) is 64.3 Å². The molecule has 0 fully saturated rings. The van der Waals surface area contributed by atoms with Gasteiger partial charge in [-0.15, -0.1) is 11.8 Å². The summed E-state index contributed by atoms with van der Waals surface area (Å²) in [7, 11) is 0. The Balaban J connectivity index is 1.87. The van der Waals surface area contributed by atoms with Crippen LogP contribution >= 0.6 is 11.8 Å². The van der Waals surface area contributed by atoms with E-state index in [9.17, 15) is 4.79 Å². The van der Waals surface area contributed by atoms with Gasteiger partial charge < -0.3 is 15.8 Å². The molecule has 3 aromatic carbocycles. The summed E-state index contributed by atoms with van der Waals surface area (Å²) >= 11 is 1.47. The molecule has 27 heavy (non-hydrogen) atoms. The first-order valence-corrected chi connectivity index (χ1v) is 9.65. The standard InChI is InChI=1S/C22H22N2O2S/c1-2-26-20-14-7-6-13-19(20)24-22(25)21(16-9-4-3-5-10-16)27-18-12-8-11-17(23)15-18/h3-15,21H,2,23H2,1H3,(H,24,25). The van der Waals surface area contributed by atoms with Gasteiger partial charge in [0.15, 0.2) is 0 Å². The van der Waals surface area contributed by atoms with Crippen molar-refractivity contribution in [2.45, 2.75) is 17.1 Å². The van der Waals surface area contributed by atoms with E-state index in [-0.39, 0.29) is 5.91 Å². The van der Waals surface area contributed by atoms with E-state index < -0.39 is 5.25 Å². The summed E-state index contributed by atoms with van der Waals surface area (Å²) in [5, 5.41) is 2.60. The number of hydrogen-bond donors (Lipinski definition) is 2. The minimum absolute atomic E-state index is 0.110. The van der Waals surface area contributed by atoms with Gasteiger partial charge in [0, 0.05) is 10.6 Å². The Morgan fingerprint density at radius 3 is 2.52 bits per heavy atom. The highest BCUT2D eigenvalue weighted by Gasteiger charge is 2.23. The van der Waals surface area contributed by atoms with Gasteiger partial charge in [0.05, 0.1) is 12.3 Å². The Morgan fingerprint density at radius 2 is 1.78 bits per heavy atom. The van der Waals surface area contributed by atoms with Crippen molar-refractivity contribution in [2.75, 3.05) is 17.7 Å². The molecule has 3 aromatic rings. The fourth-order valence-electron chi connectivity index (χ4n) is 2.67. The molecule has 1 unspecified atom stereocenters. The summed E-state index contributed by atoms with van der Waals surface area (Å²) in [4.78, 5) is 14.1. The first-order chi connectivity index (χ1) is 13.2. The molecule has 0 aromatic heterocycles. The number of hydrogen-bond acceptors (Lipinski definition) is 4. The van der Waals surface area contributed by atoms with Crippen LogP contribution in [0.5, 0.6) is 5.75 Å². The molecule has 0 aliphatic carbocycles. The van der Waals surface area contributed by atoms with Crippen molar-refractivity contribution in [3.8, 4) is 5.75 Å². The second kappa shape index (κ2) is 9.14. The van der Waals surface area contributed by atoms with E-state index in [4.69, 9.17) is 10.5 Å². The highest BCUT2D eigenvalue weighted by Crippen LogP contribution is 2.37. The molecule has 0 spiro atoms. The Labute approximate surface area is 163 Å². The maximum Gasteiger partial charge on any atom is 0.242 e. The van der Waals surface area contributed by atoms with Crippen LogP contribution in [0.1, 0.15) is 17.7 Å².